The maximum Gasteiger partial charge on any atom is 0.135 e. The summed E-state index contributed by atoms with van der Waals surface area (Å²) in [6.07, 6.45) is 4.20. The van der Waals surface area contributed by atoms with Gasteiger partial charge in [0.25, 0.3) is 0 Å². The normalized spacial score (nSPS) is 13.3. The van der Waals surface area contributed by atoms with Crippen LogP contribution in [0.2, 0.25) is 0 Å². The van der Waals surface area contributed by atoms with E-state index in [-0.39, 0.29) is 37.3 Å². The number of nitrogens with zero attached hydrogens (tertiary/aromatic N) is 4. The molecule has 0 amide bonds. The molecule has 0 N–H and O–H groups in total. The zero-order valence-electron chi connectivity index (χ0n) is 44.4. The minimum absolute atomic E-state index is 0. The molecule has 0 bridgehead atoms. The molecule has 0 unspecified atom stereocenters. The second-order valence-electron chi connectivity index (χ2n) is 22.7. The van der Waals surface area contributed by atoms with Gasteiger partial charge in [0.05, 0.1) is 0 Å². The van der Waals surface area contributed by atoms with Gasteiger partial charge in [-0.3, -0.25) is 0 Å². The van der Waals surface area contributed by atoms with Crippen LogP contribution < -0.4 is 14.5 Å². The third-order valence-electron chi connectivity index (χ3n) is 14.5. The molecule has 7 aromatic carbocycles. The maximum atomic E-state index is 6.81. The van der Waals surface area contributed by atoms with Crippen molar-refractivity contribution in [3.63, 3.8) is 0 Å². The minimum atomic E-state index is -0.211. The zero-order valence-corrected chi connectivity index (χ0v) is 46.7. The van der Waals surface area contributed by atoms with Crippen LogP contribution in [-0.2, 0) is 37.3 Å². The number of hydrogen-bond acceptors (Lipinski definition) is 4. The molecule has 0 fully saturated rings. The van der Waals surface area contributed by atoms with Gasteiger partial charge >= 0.3 is 0 Å². The van der Waals surface area contributed by atoms with Gasteiger partial charge in [0.2, 0.25) is 0 Å². The van der Waals surface area contributed by atoms with Gasteiger partial charge < -0.3 is 19.1 Å². The van der Waals surface area contributed by atoms with Crippen molar-refractivity contribution in [2.75, 3.05) is 9.80 Å². The van der Waals surface area contributed by atoms with Crippen LogP contribution in [0.25, 0.3) is 44.4 Å². The smallest absolute Gasteiger partial charge is 0.135 e. The molecule has 6 heteroatoms. The Morgan fingerprint density at radius 2 is 1.21 bits per heavy atom. The summed E-state index contributed by atoms with van der Waals surface area (Å²) in [5.74, 6) is 2.67. The quantitative estimate of drug-likeness (QED) is 0.121. The molecule has 0 saturated carbocycles. The van der Waals surface area contributed by atoms with E-state index in [0.717, 1.165) is 44.7 Å². The first-order valence-corrected chi connectivity index (χ1v) is 25.6. The first-order chi connectivity index (χ1) is 34.3. The van der Waals surface area contributed by atoms with Crippen molar-refractivity contribution in [1.82, 2.24) is 9.55 Å². The van der Waals surface area contributed by atoms with Gasteiger partial charge in [0, 0.05) is 66.6 Å². The van der Waals surface area contributed by atoms with E-state index < -0.39 is 0 Å². The van der Waals surface area contributed by atoms with Crippen LogP contribution in [0.1, 0.15) is 134 Å². The zero-order chi connectivity index (χ0) is 50.7. The van der Waals surface area contributed by atoms with Crippen molar-refractivity contribution in [1.29, 1.82) is 0 Å². The van der Waals surface area contributed by atoms with Gasteiger partial charge in [0.15, 0.2) is 0 Å². The molecule has 0 radical (unpaired) electrons. The van der Waals surface area contributed by atoms with Crippen LogP contribution in [0.3, 0.4) is 0 Å². The fourth-order valence-electron chi connectivity index (χ4n) is 10.2. The summed E-state index contributed by atoms with van der Waals surface area (Å²) in [5, 5.41) is 2.23. The van der Waals surface area contributed by atoms with Crippen LogP contribution in [-0.4, -0.2) is 9.55 Å². The first kappa shape index (κ1) is 51.2. The molecule has 10 rings (SSSR count). The van der Waals surface area contributed by atoms with E-state index in [0.29, 0.717) is 23.3 Å². The van der Waals surface area contributed by atoms with Crippen molar-refractivity contribution in [3.8, 4) is 28.4 Å². The number of rotatable bonds is 11. The molecule has 0 saturated heterocycles. The van der Waals surface area contributed by atoms with E-state index in [9.17, 15) is 0 Å². The van der Waals surface area contributed by atoms with E-state index in [4.69, 9.17) is 9.72 Å². The van der Waals surface area contributed by atoms with Gasteiger partial charge in [-0.15, -0.1) is 48.1 Å². The molecule has 1 aliphatic heterocycles. The largest absolute Gasteiger partial charge is 0.509 e. The Labute approximate surface area is 448 Å². The molecule has 374 valence electrons. The Kier molecular flexibility index (Phi) is 14.0. The van der Waals surface area contributed by atoms with E-state index in [1.807, 2.05) is 24.4 Å². The molecule has 3 heterocycles. The van der Waals surface area contributed by atoms with E-state index in [1.165, 1.54) is 50.1 Å². The molecule has 0 atom stereocenters. The second kappa shape index (κ2) is 20.0. The van der Waals surface area contributed by atoms with Gasteiger partial charge in [0.1, 0.15) is 5.82 Å². The maximum absolute atomic E-state index is 6.81. The van der Waals surface area contributed by atoms with Crippen LogP contribution in [0.15, 0.2) is 170 Å². The molecule has 0 spiro atoms. The monoisotopic (exact) mass is 1140 g/mol. The molecule has 5 nitrogen and oxygen atoms in total. The average Bonchev–Trinajstić information content (AvgIpc) is 3.96. The van der Waals surface area contributed by atoms with Gasteiger partial charge in [-0.2, -0.15) is 12.1 Å². The summed E-state index contributed by atoms with van der Waals surface area (Å²) in [6.45, 7) is 29.6. The van der Waals surface area contributed by atoms with Gasteiger partial charge in [-0.1, -0.05) is 186 Å². The topological polar surface area (TPSA) is 33.5 Å². The Morgan fingerprint density at radius 1 is 0.548 bits per heavy atom. The van der Waals surface area contributed by atoms with Crippen molar-refractivity contribution in [2.45, 2.75) is 111 Å². The average molecular weight is 1140 g/mol. The summed E-state index contributed by atoms with van der Waals surface area (Å²) in [7, 11) is 0. The summed E-state index contributed by atoms with van der Waals surface area (Å²) in [5.41, 5.74) is 16.0. The first-order valence-electron chi connectivity index (χ1n) is 25.6. The Bertz CT molecular complexity index is 3450. The summed E-state index contributed by atoms with van der Waals surface area (Å²) in [6, 6.07) is 64.3. The molecule has 0 aliphatic carbocycles. The number of benzene rings is 7. The van der Waals surface area contributed by atoms with Crippen LogP contribution in [0, 0.1) is 18.8 Å². The Balaban J connectivity index is 0.00000656. The van der Waals surface area contributed by atoms with Crippen molar-refractivity contribution in [2.24, 2.45) is 0 Å². The number of ether oxygens (including phenoxy) is 1. The molecule has 2 aromatic heterocycles. The van der Waals surface area contributed by atoms with Crippen LogP contribution >= 0.6 is 0 Å². The van der Waals surface area contributed by atoms with Crippen LogP contribution in [0.4, 0.5) is 11.4 Å². The summed E-state index contributed by atoms with van der Waals surface area (Å²) < 4.78 is 9.05. The fraction of sp³-hybridized carbons (Fsp3) is 0.254. The summed E-state index contributed by atoms with van der Waals surface area (Å²) in [4.78, 5) is 9.56. The van der Waals surface area contributed by atoms with E-state index >= 15 is 0 Å². The molecular formula is C67H67N4OPt-3. The predicted molar refractivity (Wildman–Crippen MR) is 302 cm³/mol. The number of hydrogen-bond donors (Lipinski definition) is 0. The standard InChI is InChI=1S/C67H67N4O.Pt/c1-44(2)56-27-20-28-57(45(3)4)64(56)62-42-69(43-70(62)53-36-47(46-21-15-13-16-22-46)35-51(37-53)66(8,9)10)52-25-19-26-54(40-52)72-55-30-31-58-59-38-50(67(11,12)48-23-17-14-18-24-48)29-32-60(59)71(61(58)41-55)63-39-49(33-34-68-63)65(5,6)7;/h13-39,42-45H,1-12H3;/q-3;. The SMILES string of the molecule is CC(C)c1cccc(C(C)C)c1C1=CN(c2[c-]c(Oc3[c-]c4c(cc3)c3cc(C(C)(C)c5ccccc5)ccc3n4-c3cc(C(C)(C)C)ccn3)ccc2)[CH-]N1c1cc(-c2ccccc2)cc(C(C)(C)C)c1.[Pt]. The van der Waals surface area contributed by atoms with Crippen molar-refractivity contribution in [3.05, 3.63) is 228 Å². The number of pyridine rings is 1. The second-order valence-corrected chi connectivity index (χ2v) is 22.7. The number of fused-ring (bicyclic) bond motifs is 3. The third-order valence-corrected chi connectivity index (χ3v) is 14.5. The Hall–Kier alpha value is -6.68. The molecule has 9 aromatic rings. The molecular weight excluding hydrogens is 1070 g/mol. The van der Waals surface area contributed by atoms with Crippen molar-refractivity contribution < 1.29 is 25.8 Å². The van der Waals surface area contributed by atoms with Crippen molar-refractivity contribution >= 4 is 38.9 Å². The van der Waals surface area contributed by atoms with Crippen LogP contribution in [0.5, 0.6) is 11.5 Å². The van der Waals surface area contributed by atoms with E-state index in [2.05, 4.69) is 262 Å². The molecule has 73 heavy (non-hydrogen) atoms. The number of aromatic nitrogens is 2. The Morgan fingerprint density at radius 3 is 1.88 bits per heavy atom. The minimum Gasteiger partial charge on any atom is -0.509 e. The molecule has 1 aliphatic rings. The van der Waals surface area contributed by atoms with Gasteiger partial charge in [-0.25, -0.2) is 4.98 Å². The fourth-order valence-corrected chi connectivity index (χ4v) is 10.2. The van der Waals surface area contributed by atoms with Gasteiger partial charge in [-0.05, 0) is 109 Å². The number of anilines is 2. The van der Waals surface area contributed by atoms with E-state index in [1.54, 1.807) is 0 Å². The third kappa shape index (κ3) is 10.1. The summed E-state index contributed by atoms with van der Waals surface area (Å²) >= 11 is 0. The predicted octanol–water partition coefficient (Wildman–Crippen LogP) is 17.8.